The Bertz CT molecular complexity index is 314. The largest absolute Gasteiger partial charge is 0.418 e. The molecule has 0 unspecified atom stereocenters. The Hall–Kier alpha value is -1.08. The summed E-state index contributed by atoms with van der Waals surface area (Å²) in [7, 11) is 0. The number of benzene rings is 1. The molecule has 0 atom stereocenters. The third-order valence-corrected chi connectivity index (χ3v) is 1.44. The number of rotatable bonds is 2. The number of hydrogen-bond donors (Lipinski definition) is 1. The topological polar surface area (TPSA) is 15.3 Å². The van der Waals surface area contributed by atoms with Gasteiger partial charge in [-0.25, -0.2) is 0 Å². The molecule has 1 aromatic carbocycles. The highest BCUT2D eigenvalue weighted by Crippen LogP contribution is 2.34. The van der Waals surface area contributed by atoms with E-state index in [2.05, 4.69) is 0 Å². The third-order valence-electron chi connectivity index (χ3n) is 1.44. The van der Waals surface area contributed by atoms with E-state index in [9.17, 15) is 22.1 Å². The van der Waals surface area contributed by atoms with Gasteiger partial charge in [0.05, 0.1) is 11.3 Å². The zero-order valence-corrected chi connectivity index (χ0v) is 7.87. The van der Waals surface area contributed by atoms with Crippen LogP contribution in [0.1, 0.15) is 5.56 Å². The van der Waals surface area contributed by atoms with Crippen molar-refractivity contribution in [2.24, 2.45) is 0 Å². The third kappa shape index (κ3) is 3.88. The van der Waals surface area contributed by atoms with Gasteiger partial charge in [0.1, 0.15) is 5.45 Å². The van der Waals surface area contributed by atoms with Gasteiger partial charge in [0.2, 0.25) is 0 Å². The first-order chi connectivity index (χ1) is 6.41. The van der Waals surface area contributed by atoms with Gasteiger partial charge >= 0.3 is 6.18 Å². The highest BCUT2D eigenvalue weighted by molar-refractivity contribution is 5.85. The van der Waals surface area contributed by atoms with Crippen molar-refractivity contribution in [3.8, 4) is 0 Å². The lowest BCUT2D eigenvalue weighted by Gasteiger charge is -2.13. The van der Waals surface area contributed by atoms with Gasteiger partial charge in [-0.15, -0.1) is 12.4 Å². The van der Waals surface area contributed by atoms with Gasteiger partial charge in [-0.3, -0.25) is 5.43 Å². The molecule has 0 aromatic heterocycles. The van der Waals surface area contributed by atoms with E-state index < -0.39 is 22.9 Å². The predicted octanol–water partition coefficient (Wildman–Crippen LogP) is 3.53. The summed E-state index contributed by atoms with van der Waals surface area (Å²) >= 11 is 0. The summed E-state index contributed by atoms with van der Waals surface area (Å²) in [6.45, 7) is 0. The highest BCUT2D eigenvalue weighted by atomic mass is 35.5. The average Bonchev–Trinajstić information content (AvgIpc) is 2.01. The summed E-state index contributed by atoms with van der Waals surface area (Å²) in [6, 6.07) is 3.97. The zero-order chi connectivity index (χ0) is 10.8. The van der Waals surface area contributed by atoms with Crippen LogP contribution in [0, 0.1) is 0 Å². The molecular weight excluding hydrogens is 243 g/mol. The lowest BCUT2D eigenvalue weighted by atomic mass is 10.2. The normalized spacial score (nSPS) is 11.1. The summed E-state index contributed by atoms with van der Waals surface area (Å²) in [4.78, 5) is 0. The first-order valence-electron chi connectivity index (χ1n) is 3.46. The second-order valence-corrected chi connectivity index (χ2v) is 2.39. The van der Waals surface area contributed by atoms with E-state index in [1.165, 1.54) is 11.5 Å². The van der Waals surface area contributed by atoms with Crippen LogP contribution in [0.5, 0.6) is 0 Å². The van der Waals surface area contributed by atoms with E-state index >= 15 is 0 Å². The van der Waals surface area contributed by atoms with Gasteiger partial charge in [0, 0.05) is 0 Å². The molecule has 1 N–H and O–H groups in total. The molecule has 15 heavy (non-hydrogen) atoms. The molecular formula is C7H6ClF5N2. The minimum absolute atomic E-state index is 0. The van der Waals surface area contributed by atoms with E-state index in [4.69, 9.17) is 0 Å². The maximum absolute atomic E-state index is 12.2. The van der Waals surface area contributed by atoms with Gasteiger partial charge in [0.15, 0.2) is 0 Å². The number of anilines is 1. The fourth-order valence-electron chi connectivity index (χ4n) is 0.919. The van der Waals surface area contributed by atoms with Crippen LogP contribution in [-0.2, 0) is 6.18 Å². The molecule has 0 amide bonds. The number of nitrogens with one attached hydrogen (secondary N) is 1. The Kier molecular flexibility index (Phi) is 4.76. The number of alkyl halides is 3. The molecule has 0 aliphatic carbocycles. The van der Waals surface area contributed by atoms with Gasteiger partial charge in [-0.1, -0.05) is 21.1 Å². The van der Waals surface area contributed by atoms with Crippen LogP contribution in [0.15, 0.2) is 24.3 Å². The number of para-hydroxylation sites is 1. The Morgan fingerprint density at radius 1 is 1.07 bits per heavy atom. The van der Waals surface area contributed by atoms with Crippen LogP contribution >= 0.6 is 12.4 Å². The van der Waals surface area contributed by atoms with Crippen molar-refractivity contribution in [3.05, 3.63) is 29.8 Å². The molecule has 0 fully saturated rings. The lowest BCUT2D eigenvalue weighted by molar-refractivity contribution is -0.141. The van der Waals surface area contributed by atoms with Crippen LogP contribution in [0.2, 0.25) is 0 Å². The molecule has 0 saturated heterocycles. The summed E-state index contributed by atoms with van der Waals surface area (Å²) in [5.74, 6) is 0. The highest BCUT2D eigenvalue weighted by Gasteiger charge is 2.33. The minimum atomic E-state index is -4.65. The fourth-order valence-corrected chi connectivity index (χ4v) is 0.919. The molecule has 0 radical (unpaired) electrons. The maximum Gasteiger partial charge on any atom is 0.418 e. The number of nitrogens with zero attached hydrogens (tertiary/aromatic N) is 1. The molecule has 86 valence electrons. The number of hydrogen-bond acceptors (Lipinski definition) is 2. The molecule has 0 bridgehead atoms. The second kappa shape index (κ2) is 5.13. The van der Waals surface area contributed by atoms with Crippen LogP contribution in [0.25, 0.3) is 0 Å². The summed E-state index contributed by atoms with van der Waals surface area (Å²) < 4.78 is 59.9. The first kappa shape index (κ1) is 13.9. The van der Waals surface area contributed by atoms with Crippen LogP contribution in [-0.4, -0.2) is 5.45 Å². The second-order valence-electron chi connectivity index (χ2n) is 2.39. The molecule has 0 aliphatic rings. The van der Waals surface area contributed by atoms with Crippen molar-refractivity contribution < 1.29 is 22.1 Å². The van der Waals surface area contributed by atoms with Crippen molar-refractivity contribution in [1.82, 2.24) is 5.45 Å². The molecule has 0 heterocycles. The molecule has 8 heteroatoms. The predicted molar refractivity (Wildman–Crippen MR) is 46.4 cm³/mol. The van der Waals surface area contributed by atoms with Crippen molar-refractivity contribution in [3.63, 3.8) is 0 Å². The first-order valence-corrected chi connectivity index (χ1v) is 3.46. The quantitative estimate of drug-likeness (QED) is 0.489. The van der Waals surface area contributed by atoms with Gasteiger partial charge in [0.25, 0.3) is 0 Å². The Labute approximate surface area is 87.9 Å². The van der Waals surface area contributed by atoms with E-state index in [-0.39, 0.29) is 12.4 Å². The number of halogens is 6. The van der Waals surface area contributed by atoms with Crippen molar-refractivity contribution in [2.75, 3.05) is 5.43 Å². The zero-order valence-electron chi connectivity index (χ0n) is 7.05. The molecule has 1 aromatic rings. The van der Waals surface area contributed by atoms with Gasteiger partial charge in [-0.2, -0.15) is 13.2 Å². The van der Waals surface area contributed by atoms with E-state index in [0.29, 0.717) is 6.07 Å². The number of hydrazine groups is 1. The van der Waals surface area contributed by atoms with Gasteiger partial charge in [-0.05, 0) is 12.1 Å². The monoisotopic (exact) mass is 248 g/mol. The Morgan fingerprint density at radius 2 is 1.60 bits per heavy atom. The minimum Gasteiger partial charge on any atom is -0.263 e. The van der Waals surface area contributed by atoms with E-state index in [1.54, 1.807) is 0 Å². The lowest BCUT2D eigenvalue weighted by Crippen LogP contribution is -2.15. The van der Waals surface area contributed by atoms with Crippen molar-refractivity contribution in [1.29, 1.82) is 0 Å². The molecule has 0 spiro atoms. The summed E-state index contributed by atoms with van der Waals surface area (Å²) in [5, 5.41) is 0. The molecule has 0 aliphatic heterocycles. The molecule has 0 saturated carbocycles. The molecule has 1 rings (SSSR count). The Morgan fingerprint density at radius 3 is 2.07 bits per heavy atom. The fraction of sp³-hybridized carbons (Fsp3) is 0.143. The summed E-state index contributed by atoms with van der Waals surface area (Å²) in [6.07, 6.45) is -4.65. The SMILES string of the molecule is Cl.FN(F)Nc1ccccc1C(F)(F)F. The van der Waals surface area contributed by atoms with Gasteiger partial charge < -0.3 is 0 Å². The summed E-state index contributed by atoms with van der Waals surface area (Å²) in [5.41, 5.74) is -2.11. The molecule has 2 nitrogen and oxygen atoms in total. The maximum atomic E-state index is 12.2. The standard InChI is InChI=1S/C7H5F5N2.ClH/c8-7(9,10)5-3-1-2-4-6(5)13-14(11)12;/h1-4,13H;1H. The smallest absolute Gasteiger partial charge is 0.263 e. The van der Waals surface area contributed by atoms with Crippen LogP contribution < -0.4 is 5.43 Å². The van der Waals surface area contributed by atoms with E-state index in [0.717, 1.165) is 12.1 Å². The van der Waals surface area contributed by atoms with E-state index in [1.807, 2.05) is 0 Å². The van der Waals surface area contributed by atoms with Crippen LogP contribution in [0.4, 0.5) is 27.8 Å². The van der Waals surface area contributed by atoms with Crippen LogP contribution in [0.3, 0.4) is 0 Å². The van der Waals surface area contributed by atoms with Crippen molar-refractivity contribution in [2.45, 2.75) is 6.18 Å². The van der Waals surface area contributed by atoms with Crippen molar-refractivity contribution >= 4 is 18.1 Å². The Balaban J connectivity index is 0.00000196. The average molecular weight is 249 g/mol.